The molecule has 5 nitrogen and oxygen atoms in total. The van der Waals surface area contributed by atoms with Gasteiger partial charge in [0.2, 0.25) is 5.16 Å². The minimum Gasteiger partial charge on any atom is -0.334 e. The van der Waals surface area contributed by atoms with Crippen molar-refractivity contribution in [3.63, 3.8) is 0 Å². The average Bonchev–Trinajstić information content (AvgIpc) is 2.20. The van der Waals surface area contributed by atoms with Crippen molar-refractivity contribution in [2.24, 2.45) is 0 Å². The van der Waals surface area contributed by atoms with Crippen molar-refractivity contribution in [1.29, 1.82) is 0 Å². The highest BCUT2D eigenvalue weighted by Gasteiger charge is 2.10. The number of allylic oxidation sites excluding steroid dienone is 1. The fraction of sp³-hybridized carbons (Fsp3) is 0.444. The average molecular weight is 226 g/mol. The number of aromatic nitrogens is 3. The van der Waals surface area contributed by atoms with Crippen LogP contribution < -0.4 is 11.4 Å². The first-order chi connectivity index (χ1) is 7.07. The Morgan fingerprint density at radius 1 is 1.60 bits per heavy atom. The van der Waals surface area contributed by atoms with Gasteiger partial charge in [0.05, 0.1) is 0 Å². The number of nitrogen functional groups attached to an aromatic ring is 1. The summed E-state index contributed by atoms with van der Waals surface area (Å²) in [6, 6.07) is 0. The number of nitrogens with zero attached hydrogens (tertiary/aromatic N) is 3. The molecule has 0 saturated heterocycles. The van der Waals surface area contributed by atoms with Gasteiger partial charge >= 0.3 is 0 Å². The number of thioether (sulfide) groups is 1. The van der Waals surface area contributed by atoms with Gasteiger partial charge in [0.15, 0.2) is 5.69 Å². The zero-order valence-corrected chi connectivity index (χ0v) is 9.67. The van der Waals surface area contributed by atoms with Crippen molar-refractivity contribution in [2.45, 2.75) is 25.4 Å². The zero-order valence-electron chi connectivity index (χ0n) is 8.86. The first kappa shape index (κ1) is 11.8. The molecule has 0 aromatic carbocycles. The molecule has 15 heavy (non-hydrogen) atoms. The Kier molecular flexibility index (Phi) is 3.90. The van der Waals surface area contributed by atoms with Gasteiger partial charge in [-0.25, -0.2) is 0 Å². The van der Waals surface area contributed by atoms with E-state index in [1.807, 2.05) is 6.92 Å². The van der Waals surface area contributed by atoms with Crippen molar-refractivity contribution < 1.29 is 0 Å². The SMILES string of the molecule is C=C(C)c1nnc(SCCC)n(N)c1=O. The van der Waals surface area contributed by atoms with Crippen LogP contribution in [0.15, 0.2) is 16.5 Å². The van der Waals surface area contributed by atoms with E-state index in [0.29, 0.717) is 10.7 Å². The molecule has 1 heterocycles. The Balaban J connectivity index is 3.10. The van der Waals surface area contributed by atoms with Crippen LogP contribution in [0.1, 0.15) is 26.0 Å². The summed E-state index contributed by atoms with van der Waals surface area (Å²) in [7, 11) is 0. The molecule has 2 N–H and O–H groups in total. The molecule has 0 aliphatic heterocycles. The maximum absolute atomic E-state index is 11.7. The van der Waals surface area contributed by atoms with Crippen molar-refractivity contribution in [2.75, 3.05) is 11.6 Å². The van der Waals surface area contributed by atoms with E-state index in [1.54, 1.807) is 6.92 Å². The maximum atomic E-state index is 11.7. The predicted molar refractivity (Wildman–Crippen MR) is 62.2 cm³/mol. The summed E-state index contributed by atoms with van der Waals surface area (Å²) in [5.74, 6) is 6.46. The molecule has 0 aliphatic rings. The third kappa shape index (κ3) is 2.59. The highest BCUT2D eigenvalue weighted by Crippen LogP contribution is 2.12. The molecule has 0 bridgehead atoms. The van der Waals surface area contributed by atoms with Crippen LogP contribution in [0.25, 0.3) is 5.57 Å². The summed E-state index contributed by atoms with van der Waals surface area (Å²) in [5.41, 5.74) is 0.438. The van der Waals surface area contributed by atoms with E-state index < -0.39 is 0 Å². The third-order valence-corrected chi connectivity index (χ3v) is 2.85. The van der Waals surface area contributed by atoms with Crippen LogP contribution in [-0.2, 0) is 0 Å². The molecule has 1 aromatic heterocycles. The van der Waals surface area contributed by atoms with Crippen LogP contribution >= 0.6 is 11.8 Å². The number of nitrogens with two attached hydrogens (primary N) is 1. The van der Waals surface area contributed by atoms with Gasteiger partial charge in [-0.2, -0.15) is 4.68 Å². The molecule has 0 unspecified atom stereocenters. The minimum absolute atomic E-state index is 0.221. The topological polar surface area (TPSA) is 73.8 Å². The minimum atomic E-state index is -0.351. The second-order valence-electron chi connectivity index (χ2n) is 3.14. The van der Waals surface area contributed by atoms with Crippen LogP contribution in [0, 0.1) is 0 Å². The highest BCUT2D eigenvalue weighted by atomic mass is 32.2. The smallest absolute Gasteiger partial charge is 0.299 e. The highest BCUT2D eigenvalue weighted by molar-refractivity contribution is 7.99. The fourth-order valence-corrected chi connectivity index (χ4v) is 1.65. The lowest BCUT2D eigenvalue weighted by Gasteiger charge is -2.06. The maximum Gasteiger partial charge on any atom is 0.299 e. The summed E-state index contributed by atoms with van der Waals surface area (Å²) in [6.07, 6.45) is 0.989. The predicted octanol–water partition coefficient (Wildman–Crippen LogP) is 0.887. The first-order valence-corrected chi connectivity index (χ1v) is 5.60. The molecule has 6 heteroatoms. The van der Waals surface area contributed by atoms with Crippen molar-refractivity contribution >= 4 is 17.3 Å². The first-order valence-electron chi connectivity index (χ1n) is 4.61. The van der Waals surface area contributed by atoms with Gasteiger partial charge in [-0.3, -0.25) is 4.79 Å². The Bertz CT molecular complexity index is 427. The lowest BCUT2D eigenvalue weighted by Crippen LogP contribution is -2.33. The van der Waals surface area contributed by atoms with Gasteiger partial charge in [-0.05, 0) is 18.9 Å². The van der Waals surface area contributed by atoms with Crippen LogP contribution in [-0.4, -0.2) is 20.6 Å². The van der Waals surface area contributed by atoms with Crippen LogP contribution in [0.3, 0.4) is 0 Å². The molecule has 82 valence electrons. The molecule has 0 amide bonds. The number of hydrogen-bond acceptors (Lipinski definition) is 5. The van der Waals surface area contributed by atoms with Crippen molar-refractivity contribution in [3.8, 4) is 0 Å². The Labute approximate surface area is 92.4 Å². The van der Waals surface area contributed by atoms with Gasteiger partial charge in [-0.15, -0.1) is 10.2 Å². The largest absolute Gasteiger partial charge is 0.334 e. The summed E-state index contributed by atoms with van der Waals surface area (Å²) in [6.45, 7) is 7.38. The standard InChI is InChI=1S/C9H14N4OS/c1-4-5-15-9-12-11-7(6(2)3)8(14)13(9)10/h2,4-5,10H2,1,3H3. The number of hydrogen-bond donors (Lipinski definition) is 1. The van der Waals surface area contributed by atoms with Crippen LogP contribution in [0.2, 0.25) is 0 Å². The second kappa shape index (κ2) is 4.97. The number of rotatable bonds is 4. The Hall–Kier alpha value is -1.30. The lowest BCUT2D eigenvalue weighted by molar-refractivity contribution is 0.691. The van der Waals surface area contributed by atoms with E-state index >= 15 is 0 Å². The van der Waals surface area contributed by atoms with E-state index in [1.165, 1.54) is 11.8 Å². The van der Waals surface area contributed by atoms with Crippen LogP contribution in [0.5, 0.6) is 0 Å². The summed E-state index contributed by atoms with van der Waals surface area (Å²) in [4.78, 5) is 11.7. The Morgan fingerprint density at radius 3 is 2.80 bits per heavy atom. The molecule has 0 aliphatic carbocycles. The van der Waals surface area contributed by atoms with E-state index in [4.69, 9.17) is 5.84 Å². The van der Waals surface area contributed by atoms with Gasteiger partial charge in [0, 0.05) is 5.75 Å². The Morgan fingerprint density at radius 2 is 2.27 bits per heavy atom. The van der Waals surface area contributed by atoms with Gasteiger partial charge < -0.3 is 5.84 Å². The van der Waals surface area contributed by atoms with E-state index in [-0.39, 0.29) is 11.3 Å². The van der Waals surface area contributed by atoms with Crippen LogP contribution in [0.4, 0.5) is 0 Å². The monoisotopic (exact) mass is 226 g/mol. The molecular weight excluding hydrogens is 212 g/mol. The van der Waals surface area contributed by atoms with Gasteiger partial charge in [-0.1, -0.05) is 25.3 Å². The van der Waals surface area contributed by atoms with E-state index in [0.717, 1.165) is 16.8 Å². The normalized spacial score (nSPS) is 10.3. The van der Waals surface area contributed by atoms with Gasteiger partial charge in [0.25, 0.3) is 5.56 Å². The summed E-state index contributed by atoms with van der Waals surface area (Å²) >= 11 is 1.42. The second-order valence-corrected chi connectivity index (χ2v) is 4.20. The molecule has 0 spiro atoms. The summed E-state index contributed by atoms with van der Waals surface area (Å²) in [5, 5.41) is 8.13. The van der Waals surface area contributed by atoms with Gasteiger partial charge in [0.1, 0.15) is 0 Å². The van der Waals surface area contributed by atoms with Crippen molar-refractivity contribution in [3.05, 3.63) is 22.6 Å². The summed E-state index contributed by atoms with van der Waals surface area (Å²) < 4.78 is 1.03. The molecule has 1 aromatic rings. The molecule has 1 rings (SSSR count). The molecule has 0 atom stereocenters. The van der Waals surface area contributed by atoms with E-state index in [2.05, 4.69) is 16.8 Å². The molecular formula is C9H14N4OS. The molecule has 0 radical (unpaired) electrons. The third-order valence-electron chi connectivity index (χ3n) is 1.70. The van der Waals surface area contributed by atoms with E-state index in [9.17, 15) is 4.79 Å². The molecule has 0 fully saturated rings. The zero-order chi connectivity index (χ0) is 11.4. The van der Waals surface area contributed by atoms with Crippen molar-refractivity contribution in [1.82, 2.24) is 14.9 Å². The quantitative estimate of drug-likeness (QED) is 0.609. The fourth-order valence-electron chi connectivity index (χ4n) is 0.944. The molecule has 0 saturated carbocycles. The lowest BCUT2D eigenvalue weighted by atomic mass is 10.3.